The van der Waals surface area contributed by atoms with Gasteiger partial charge in [0.1, 0.15) is 0 Å². The number of nitrogens with zero attached hydrogens (tertiary/aromatic N) is 2. The molecule has 0 radical (unpaired) electrons. The molecule has 0 aromatic rings. The minimum Gasteiger partial charge on any atom is -0.374 e. The molecule has 2 atom stereocenters. The topological polar surface area (TPSA) is 27.7 Å². The lowest BCUT2D eigenvalue weighted by Crippen LogP contribution is -2.48. The summed E-state index contributed by atoms with van der Waals surface area (Å²) >= 11 is 0. The molecule has 2 unspecified atom stereocenters. The average molecular weight is 255 g/mol. The van der Waals surface area contributed by atoms with E-state index in [0.29, 0.717) is 6.10 Å². The number of nitrogens with one attached hydrogen (secondary N) is 1. The van der Waals surface area contributed by atoms with Crippen LogP contribution in [0.3, 0.4) is 0 Å². The monoisotopic (exact) mass is 255 g/mol. The number of likely N-dealkylation sites (N-methyl/N-ethyl adjacent to an activating group) is 2. The van der Waals surface area contributed by atoms with Gasteiger partial charge in [0.15, 0.2) is 0 Å². The number of hydrogen-bond acceptors (Lipinski definition) is 4. The van der Waals surface area contributed by atoms with E-state index in [-0.39, 0.29) is 0 Å². The Morgan fingerprint density at radius 1 is 1.33 bits per heavy atom. The number of ether oxygens (including phenoxy) is 1. The normalized spacial score (nSPS) is 31.5. The maximum atomic E-state index is 5.90. The first-order chi connectivity index (χ1) is 8.79. The van der Waals surface area contributed by atoms with Gasteiger partial charge in [-0.05, 0) is 45.9 Å². The van der Waals surface area contributed by atoms with E-state index >= 15 is 0 Å². The Bertz CT molecular complexity index is 229. The van der Waals surface area contributed by atoms with Gasteiger partial charge in [-0.15, -0.1) is 0 Å². The van der Waals surface area contributed by atoms with Crippen molar-refractivity contribution in [2.45, 2.75) is 38.3 Å². The molecular formula is C14H29N3O. The lowest BCUT2D eigenvalue weighted by Gasteiger charge is -2.36. The van der Waals surface area contributed by atoms with Crippen LogP contribution in [0.1, 0.15) is 26.2 Å². The van der Waals surface area contributed by atoms with E-state index in [0.717, 1.165) is 38.8 Å². The van der Waals surface area contributed by atoms with Crippen LogP contribution in [0.4, 0.5) is 0 Å². The quantitative estimate of drug-likeness (QED) is 0.803. The standard InChI is InChI=1S/C14H29N3O/c1-3-17-9-10-18-14(12-17)11-16(2)13-5-4-7-15-8-6-13/h13-15H,3-12H2,1-2H3. The molecule has 0 saturated carbocycles. The summed E-state index contributed by atoms with van der Waals surface area (Å²) in [6.07, 6.45) is 4.32. The van der Waals surface area contributed by atoms with E-state index in [4.69, 9.17) is 4.74 Å². The molecule has 4 nitrogen and oxygen atoms in total. The molecule has 0 bridgehead atoms. The summed E-state index contributed by atoms with van der Waals surface area (Å²) in [6, 6.07) is 0.737. The van der Waals surface area contributed by atoms with E-state index in [1.54, 1.807) is 0 Å². The highest BCUT2D eigenvalue weighted by Gasteiger charge is 2.24. The molecule has 106 valence electrons. The second-order valence-corrected chi connectivity index (χ2v) is 5.66. The third-order valence-corrected chi connectivity index (χ3v) is 4.33. The van der Waals surface area contributed by atoms with Crippen molar-refractivity contribution in [1.82, 2.24) is 15.1 Å². The van der Waals surface area contributed by atoms with Crippen LogP contribution in [-0.2, 0) is 4.74 Å². The summed E-state index contributed by atoms with van der Waals surface area (Å²) in [7, 11) is 2.27. The van der Waals surface area contributed by atoms with Crippen LogP contribution < -0.4 is 5.32 Å². The van der Waals surface area contributed by atoms with Crippen LogP contribution in [-0.4, -0.2) is 74.9 Å². The van der Waals surface area contributed by atoms with E-state index in [1.165, 1.54) is 32.4 Å². The highest BCUT2D eigenvalue weighted by Crippen LogP contribution is 2.14. The lowest BCUT2D eigenvalue weighted by atomic mass is 10.1. The summed E-state index contributed by atoms with van der Waals surface area (Å²) in [6.45, 7) is 9.94. The molecule has 2 saturated heterocycles. The molecule has 0 spiro atoms. The Hall–Kier alpha value is -0.160. The Kier molecular flexibility index (Phi) is 5.89. The van der Waals surface area contributed by atoms with Gasteiger partial charge in [-0.3, -0.25) is 4.90 Å². The molecular weight excluding hydrogens is 226 g/mol. The molecule has 0 aromatic heterocycles. The Labute approximate surface area is 112 Å². The van der Waals surface area contributed by atoms with Gasteiger partial charge in [0.25, 0.3) is 0 Å². The fraction of sp³-hybridized carbons (Fsp3) is 1.00. The summed E-state index contributed by atoms with van der Waals surface area (Å²) < 4.78 is 5.90. The zero-order valence-electron chi connectivity index (χ0n) is 12.0. The predicted octanol–water partition coefficient (Wildman–Crippen LogP) is 0.781. The number of rotatable bonds is 4. The molecule has 2 aliphatic rings. The fourth-order valence-electron chi connectivity index (χ4n) is 3.09. The highest BCUT2D eigenvalue weighted by atomic mass is 16.5. The van der Waals surface area contributed by atoms with E-state index < -0.39 is 0 Å². The first kappa shape index (κ1) is 14.3. The lowest BCUT2D eigenvalue weighted by molar-refractivity contribution is -0.0439. The van der Waals surface area contributed by atoms with Crippen molar-refractivity contribution in [2.75, 3.05) is 52.9 Å². The Balaban J connectivity index is 1.76. The van der Waals surface area contributed by atoms with Gasteiger partial charge >= 0.3 is 0 Å². The highest BCUT2D eigenvalue weighted by molar-refractivity contribution is 4.79. The van der Waals surface area contributed by atoms with E-state index in [2.05, 4.69) is 29.1 Å². The molecule has 0 amide bonds. The largest absolute Gasteiger partial charge is 0.374 e. The number of hydrogen-bond donors (Lipinski definition) is 1. The van der Waals surface area contributed by atoms with Crippen molar-refractivity contribution in [2.24, 2.45) is 0 Å². The molecule has 2 heterocycles. The SMILES string of the molecule is CCN1CCOC(CN(C)C2CCCNCC2)C1. The molecule has 0 aromatic carbocycles. The molecule has 2 rings (SSSR count). The third-order valence-electron chi connectivity index (χ3n) is 4.33. The van der Waals surface area contributed by atoms with Gasteiger partial charge < -0.3 is 15.0 Å². The molecule has 0 aliphatic carbocycles. The van der Waals surface area contributed by atoms with Gasteiger partial charge in [0, 0.05) is 25.7 Å². The molecule has 2 aliphatic heterocycles. The predicted molar refractivity (Wildman–Crippen MR) is 75.0 cm³/mol. The van der Waals surface area contributed by atoms with Crippen molar-refractivity contribution in [1.29, 1.82) is 0 Å². The summed E-state index contributed by atoms with van der Waals surface area (Å²) in [4.78, 5) is 5.02. The van der Waals surface area contributed by atoms with Crippen molar-refractivity contribution in [3.63, 3.8) is 0 Å². The Morgan fingerprint density at radius 2 is 2.22 bits per heavy atom. The summed E-state index contributed by atoms with van der Waals surface area (Å²) in [5.74, 6) is 0. The first-order valence-corrected chi connectivity index (χ1v) is 7.54. The van der Waals surface area contributed by atoms with Crippen LogP contribution >= 0.6 is 0 Å². The van der Waals surface area contributed by atoms with Crippen molar-refractivity contribution in [3.05, 3.63) is 0 Å². The number of morpholine rings is 1. The van der Waals surface area contributed by atoms with Crippen LogP contribution in [0.5, 0.6) is 0 Å². The fourth-order valence-corrected chi connectivity index (χ4v) is 3.09. The molecule has 1 N–H and O–H groups in total. The van der Waals surface area contributed by atoms with Crippen LogP contribution in [0.15, 0.2) is 0 Å². The minimum atomic E-state index is 0.403. The summed E-state index contributed by atoms with van der Waals surface area (Å²) in [5, 5.41) is 3.49. The minimum absolute atomic E-state index is 0.403. The van der Waals surface area contributed by atoms with Gasteiger partial charge in [0.2, 0.25) is 0 Å². The van der Waals surface area contributed by atoms with Crippen LogP contribution in [0.2, 0.25) is 0 Å². The van der Waals surface area contributed by atoms with Crippen LogP contribution in [0, 0.1) is 0 Å². The van der Waals surface area contributed by atoms with E-state index in [1.807, 2.05) is 0 Å². The van der Waals surface area contributed by atoms with E-state index in [9.17, 15) is 0 Å². The smallest absolute Gasteiger partial charge is 0.0829 e. The second kappa shape index (κ2) is 7.43. The third kappa shape index (κ3) is 4.19. The van der Waals surface area contributed by atoms with Gasteiger partial charge in [-0.1, -0.05) is 6.92 Å². The van der Waals surface area contributed by atoms with Crippen molar-refractivity contribution < 1.29 is 4.74 Å². The zero-order chi connectivity index (χ0) is 12.8. The molecule has 18 heavy (non-hydrogen) atoms. The van der Waals surface area contributed by atoms with Crippen LogP contribution in [0.25, 0.3) is 0 Å². The Morgan fingerprint density at radius 3 is 3.06 bits per heavy atom. The molecule has 2 fully saturated rings. The first-order valence-electron chi connectivity index (χ1n) is 7.54. The van der Waals surface area contributed by atoms with Gasteiger partial charge in [-0.25, -0.2) is 0 Å². The average Bonchev–Trinajstić information content (AvgIpc) is 2.68. The second-order valence-electron chi connectivity index (χ2n) is 5.66. The van der Waals surface area contributed by atoms with Gasteiger partial charge in [0.05, 0.1) is 12.7 Å². The summed E-state index contributed by atoms with van der Waals surface area (Å²) in [5.41, 5.74) is 0. The van der Waals surface area contributed by atoms with Gasteiger partial charge in [-0.2, -0.15) is 0 Å². The van der Waals surface area contributed by atoms with Crippen molar-refractivity contribution in [3.8, 4) is 0 Å². The maximum absolute atomic E-state index is 5.90. The molecule has 4 heteroatoms. The zero-order valence-corrected chi connectivity index (χ0v) is 12.0. The maximum Gasteiger partial charge on any atom is 0.0829 e. The van der Waals surface area contributed by atoms with Crippen molar-refractivity contribution >= 4 is 0 Å².